The second kappa shape index (κ2) is 7.00. The molecule has 0 fully saturated rings. The molecule has 2 amide bonds. The topological polar surface area (TPSA) is 78.9 Å². The van der Waals surface area contributed by atoms with E-state index in [1.54, 1.807) is 31.2 Å². The van der Waals surface area contributed by atoms with Gasteiger partial charge in [-0.25, -0.2) is 4.79 Å². The van der Waals surface area contributed by atoms with Crippen LogP contribution in [0.1, 0.15) is 12.8 Å². The van der Waals surface area contributed by atoms with E-state index in [9.17, 15) is 9.59 Å². The van der Waals surface area contributed by atoms with E-state index < -0.39 is 11.9 Å². The van der Waals surface area contributed by atoms with E-state index in [1.165, 1.54) is 0 Å². The number of carboxylic acids is 1. The van der Waals surface area contributed by atoms with Gasteiger partial charge in [0.2, 0.25) is 0 Å². The molecule has 0 saturated heterocycles. The summed E-state index contributed by atoms with van der Waals surface area (Å²) in [6.07, 6.45) is 4.56. The first-order chi connectivity index (χ1) is 8.54. The third kappa shape index (κ3) is 4.37. The Bertz CT molecular complexity index is 330. The number of ether oxygens (including phenoxy) is 1. The second-order valence-electron chi connectivity index (χ2n) is 4.39. The van der Waals surface area contributed by atoms with E-state index in [2.05, 4.69) is 5.32 Å². The van der Waals surface area contributed by atoms with E-state index in [1.807, 2.05) is 0 Å². The molecule has 6 heteroatoms. The Hall–Kier alpha value is -1.56. The number of carboxylic acid groups (broad SMARTS) is 1. The molecule has 6 nitrogen and oxygen atoms in total. The summed E-state index contributed by atoms with van der Waals surface area (Å²) in [6, 6.07) is -0.379. The van der Waals surface area contributed by atoms with Crippen molar-refractivity contribution in [2.75, 3.05) is 27.3 Å². The molecule has 0 aromatic rings. The zero-order valence-electron chi connectivity index (χ0n) is 10.8. The molecule has 102 valence electrons. The van der Waals surface area contributed by atoms with E-state index in [4.69, 9.17) is 9.84 Å². The highest BCUT2D eigenvalue weighted by Crippen LogP contribution is 2.17. The van der Waals surface area contributed by atoms with Gasteiger partial charge in [-0.05, 0) is 12.8 Å². The minimum Gasteiger partial charge on any atom is -0.481 e. The fraction of sp³-hybridized carbons (Fsp3) is 0.667. The van der Waals surface area contributed by atoms with Gasteiger partial charge in [0.05, 0.1) is 12.0 Å². The van der Waals surface area contributed by atoms with Crippen molar-refractivity contribution in [1.29, 1.82) is 0 Å². The number of nitrogens with zero attached hydrogens (tertiary/aromatic N) is 1. The zero-order valence-corrected chi connectivity index (χ0v) is 10.8. The molecular formula is C12H20N2O4. The van der Waals surface area contributed by atoms with Gasteiger partial charge >= 0.3 is 12.0 Å². The van der Waals surface area contributed by atoms with Gasteiger partial charge in [-0.2, -0.15) is 0 Å². The van der Waals surface area contributed by atoms with Gasteiger partial charge in [-0.1, -0.05) is 12.2 Å². The van der Waals surface area contributed by atoms with Crippen LogP contribution >= 0.6 is 0 Å². The quantitative estimate of drug-likeness (QED) is 0.541. The Balaban J connectivity index is 2.29. The normalized spacial score (nSPS) is 21.9. The lowest BCUT2D eigenvalue weighted by Crippen LogP contribution is -2.42. The molecule has 1 aliphatic rings. The molecule has 0 saturated carbocycles. The SMILES string of the molecule is COCCCN(C)C(=O)NC1C=CC(C(=O)O)C1. The minimum absolute atomic E-state index is 0.188. The van der Waals surface area contributed by atoms with Crippen LogP contribution in [0, 0.1) is 5.92 Å². The average molecular weight is 256 g/mol. The first-order valence-corrected chi connectivity index (χ1v) is 5.96. The summed E-state index contributed by atoms with van der Waals surface area (Å²) in [6.45, 7) is 1.22. The van der Waals surface area contributed by atoms with E-state index in [0.717, 1.165) is 6.42 Å². The van der Waals surface area contributed by atoms with Crippen LogP contribution in [0.25, 0.3) is 0 Å². The Labute approximate surface area is 107 Å². The van der Waals surface area contributed by atoms with Gasteiger partial charge in [0.25, 0.3) is 0 Å². The van der Waals surface area contributed by atoms with Crippen molar-refractivity contribution in [3.05, 3.63) is 12.2 Å². The number of carbonyl (C=O) groups is 2. The van der Waals surface area contributed by atoms with Gasteiger partial charge in [0, 0.05) is 27.3 Å². The van der Waals surface area contributed by atoms with E-state index in [-0.39, 0.29) is 12.1 Å². The summed E-state index contributed by atoms with van der Waals surface area (Å²) in [7, 11) is 3.33. The number of amides is 2. The predicted octanol–water partition coefficient (Wildman–Crippen LogP) is 0.694. The fourth-order valence-corrected chi connectivity index (χ4v) is 1.81. The van der Waals surface area contributed by atoms with Crippen LogP contribution in [-0.2, 0) is 9.53 Å². The molecule has 0 heterocycles. The number of nitrogens with one attached hydrogen (secondary N) is 1. The van der Waals surface area contributed by atoms with Crippen molar-refractivity contribution in [1.82, 2.24) is 10.2 Å². The third-order valence-corrected chi connectivity index (χ3v) is 2.90. The molecule has 1 rings (SSSR count). The Morgan fingerprint density at radius 3 is 2.78 bits per heavy atom. The number of hydrogen-bond acceptors (Lipinski definition) is 3. The van der Waals surface area contributed by atoms with Crippen LogP contribution in [-0.4, -0.2) is 55.4 Å². The highest BCUT2D eigenvalue weighted by atomic mass is 16.5. The Kier molecular flexibility index (Phi) is 5.64. The molecule has 18 heavy (non-hydrogen) atoms. The number of urea groups is 1. The lowest BCUT2D eigenvalue weighted by atomic mass is 10.1. The molecular weight excluding hydrogens is 236 g/mol. The van der Waals surface area contributed by atoms with Crippen LogP contribution in [0.4, 0.5) is 4.79 Å². The smallest absolute Gasteiger partial charge is 0.317 e. The van der Waals surface area contributed by atoms with Gasteiger partial charge < -0.3 is 20.1 Å². The summed E-state index contributed by atoms with van der Waals surface area (Å²) < 4.78 is 4.91. The first kappa shape index (κ1) is 14.5. The summed E-state index contributed by atoms with van der Waals surface area (Å²) >= 11 is 0. The number of carbonyl (C=O) groups excluding carboxylic acids is 1. The van der Waals surface area contributed by atoms with Crippen molar-refractivity contribution in [3.63, 3.8) is 0 Å². The van der Waals surface area contributed by atoms with Gasteiger partial charge in [-0.3, -0.25) is 4.79 Å². The molecule has 0 spiro atoms. The van der Waals surface area contributed by atoms with Gasteiger partial charge in [-0.15, -0.1) is 0 Å². The highest BCUT2D eigenvalue weighted by Gasteiger charge is 2.25. The van der Waals surface area contributed by atoms with Crippen molar-refractivity contribution in [3.8, 4) is 0 Å². The lowest BCUT2D eigenvalue weighted by molar-refractivity contribution is -0.140. The molecule has 1 aliphatic carbocycles. The van der Waals surface area contributed by atoms with Gasteiger partial charge in [0.15, 0.2) is 0 Å². The molecule has 0 bridgehead atoms. The van der Waals surface area contributed by atoms with Crippen molar-refractivity contribution < 1.29 is 19.4 Å². The summed E-state index contributed by atoms with van der Waals surface area (Å²) in [5.41, 5.74) is 0. The molecule has 0 aromatic heterocycles. The van der Waals surface area contributed by atoms with Crippen molar-refractivity contribution in [2.24, 2.45) is 5.92 Å². The number of methoxy groups -OCH3 is 1. The Morgan fingerprint density at radius 1 is 1.50 bits per heavy atom. The second-order valence-corrected chi connectivity index (χ2v) is 4.39. The predicted molar refractivity (Wildman–Crippen MR) is 66.3 cm³/mol. The molecule has 2 N–H and O–H groups in total. The van der Waals surface area contributed by atoms with Crippen LogP contribution < -0.4 is 5.32 Å². The minimum atomic E-state index is -0.851. The molecule has 0 aromatic carbocycles. The Morgan fingerprint density at radius 2 is 2.22 bits per heavy atom. The number of aliphatic carboxylic acids is 1. The maximum Gasteiger partial charge on any atom is 0.317 e. The van der Waals surface area contributed by atoms with Crippen LogP contribution in [0.15, 0.2) is 12.2 Å². The third-order valence-electron chi connectivity index (χ3n) is 2.90. The van der Waals surface area contributed by atoms with E-state index >= 15 is 0 Å². The largest absolute Gasteiger partial charge is 0.481 e. The summed E-state index contributed by atoms with van der Waals surface area (Å²) in [4.78, 5) is 24.1. The first-order valence-electron chi connectivity index (χ1n) is 5.96. The molecule has 0 radical (unpaired) electrons. The standard InChI is InChI=1S/C12H20N2O4/c1-14(6-3-7-18-2)12(17)13-10-5-4-9(8-10)11(15)16/h4-5,9-10H,3,6-8H2,1-2H3,(H,13,17)(H,15,16). The maximum absolute atomic E-state index is 11.8. The zero-order chi connectivity index (χ0) is 13.5. The van der Waals surface area contributed by atoms with Crippen LogP contribution in [0.2, 0.25) is 0 Å². The highest BCUT2D eigenvalue weighted by molar-refractivity contribution is 5.76. The fourth-order valence-electron chi connectivity index (χ4n) is 1.81. The van der Waals surface area contributed by atoms with Crippen LogP contribution in [0.3, 0.4) is 0 Å². The maximum atomic E-state index is 11.8. The van der Waals surface area contributed by atoms with Crippen molar-refractivity contribution >= 4 is 12.0 Å². The molecule has 2 atom stereocenters. The lowest BCUT2D eigenvalue weighted by Gasteiger charge is -2.20. The van der Waals surface area contributed by atoms with Crippen LogP contribution in [0.5, 0.6) is 0 Å². The van der Waals surface area contributed by atoms with E-state index in [0.29, 0.717) is 19.6 Å². The van der Waals surface area contributed by atoms with Gasteiger partial charge in [0.1, 0.15) is 0 Å². The monoisotopic (exact) mass is 256 g/mol. The molecule has 0 aliphatic heterocycles. The summed E-state index contributed by atoms with van der Waals surface area (Å²) in [5.74, 6) is -1.34. The molecule has 2 unspecified atom stereocenters. The number of rotatable bonds is 6. The average Bonchev–Trinajstić information content (AvgIpc) is 2.77. The summed E-state index contributed by atoms with van der Waals surface area (Å²) in [5, 5.41) is 11.6. The number of hydrogen-bond donors (Lipinski definition) is 2. The van der Waals surface area contributed by atoms with Crippen molar-refractivity contribution in [2.45, 2.75) is 18.9 Å².